The molecule has 8 bridgehead atoms. The Balaban J connectivity index is 0.000000422. The summed E-state index contributed by atoms with van der Waals surface area (Å²) in [7, 11) is 1.81. The van der Waals surface area contributed by atoms with Gasteiger partial charge in [-0.2, -0.15) is 0 Å². The summed E-state index contributed by atoms with van der Waals surface area (Å²) < 4.78 is 5.63. The fraction of sp³-hybridized carbons (Fsp3) is 0.474. The van der Waals surface area contributed by atoms with Crippen LogP contribution in [0.3, 0.4) is 0 Å². The van der Waals surface area contributed by atoms with Gasteiger partial charge in [-0.05, 0) is 93.0 Å². The fourth-order valence-corrected chi connectivity index (χ4v) is 6.42. The van der Waals surface area contributed by atoms with Crippen LogP contribution in [0.4, 0.5) is 0 Å². The zero-order valence-corrected chi connectivity index (χ0v) is 29.6. The smallest absolute Gasteiger partial charge is 0.341 e. The molecule has 0 fully saturated rings. The van der Waals surface area contributed by atoms with E-state index in [4.69, 9.17) is 14.7 Å². The van der Waals surface area contributed by atoms with Crippen molar-refractivity contribution < 1.29 is 14.3 Å². The lowest BCUT2D eigenvalue weighted by Gasteiger charge is -2.16. The topological polar surface area (TPSA) is 104 Å². The number of cyclic esters (lactones) is 1. The van der Waals surface area contributed by atoms with Crippen LogP contribution in [0.2, 0.25) is 0 Å². The molecule has 3 aromatic heterocycles. The van der Waals surface area contributed by atoms with Gasteiger partial charge in [-0.1, -0.05) is 41.5 Å². The van der Waals surface area contributed by atoms with Gasteiger partial charge >= 0.3 is 5.97 Å². The number of rotatable bonds is 4. The molecule has 8 nitrogen and oxygen atoms in total. The van der Waals surface area contributed by atoms with Crippen molar-refractivity contribution >= 4 is 45.1 Å². The highest BCUT2D eigenvalue weighted by Gasteiger charge is 2.33. The minimum atomic E-state index is -0.299. The molecule has 3 aromatic rings. The number of H-pyrrole nitrogens is 2. The Morgan fingerprint density at radius 3 is 2.04 bits per heavy atom. The van der Waals surface area contributed by atoms with E-state index in [1.807, 2.05) is 41.7 Å². The van der Waals surface area contributed by atoms with E-state index in [2.05, 4.69) is 62.8 Å². The number of aromatic nitrogens is 4. The summed E-state index contributed by atoms with van der Waals surface area (Å²) in [6.07, 6.45) is 3.27. The van der Waals surface area contributed by atoms with E-state index in [-0.39, 0.29) is 24.4 Å². The number of aryl methyl sites for hydroxylation is 4. The van der Waals surface area contributed by atoms with Crippen LogP contribution >= 0.6 is 0 Å². The minimum absolute atomic E-state index is 0.215. The molecule has 1 amide bonds. The monoisotopic (exact) mass is 625 g/mol. The number of fused-ring (bicyclic) bond motifs is 8. The van der Waals surface area contributed by atoms with Crippen molar-refractivity contribution in [1.82, 2.24) is 24.8 Å². The third-order valence-corrected chi connectivity index (χ3v) is 9.36. The number of carbonyl (C=O) groups is 2. The number of nitrogens with one attached hydrogen (secondary N) is 2. The molecule has 0 aliphatic carbocycles. The molecule has 0 aromatic carbocycles. The number of hydrogen-bond acceptors (Lipinski definition) is 5. The Labute approximate surface area is 273 Å². The Morgan fingerprint density at radius 1 is 0.913 bits per heavy atom. The average molecular weight is 626 g/mol. The van der Waals surface area contributed by atoms with E-state index in [1.165, 1.54) is 22.3 Å². The largest absolute Gasteiger partial charge is 0.457 e. The van der Waals surface area contributed by atoms with Crippen molar-refractivity contribution in [2.45, 2.75) is 107 Å². The second-order valence-corrected chi connectivity index (χ2v) is 12.0. The lowest BCUT2D eigenvalue weighted by molar-refractivity contribution is -0.138. The molecular weight excluding hydrogens is 574 g/mol. The molecule has 2 N–H and O–H groups in total. The Morgan fingerprint density at radius 2 is 1.50 bits per heavy atom. The second-order valence-electron chi connectivity index (χ2n) is 12.0. The number of ether oxygens (including phenoxy) is 1. The number of aromatic amines is 2. The van der Waals surface area contributed by atoms with Gasteiger partial charge in [0.05, 0.1) is 22.7 Å². The summed E-state index contributed by atoms with van der Waals surface area (Å²) in [6, 6.07) is 6.51. The first-order valence-electron chi connectivity index (χ1n) is 16.9. The summed E-state index contributed by atoms with van der Waals surface area (Å²) >= 11 is 0. The first-order chi connectivity index (χ1) is 22.0. The van der Waals surface area contributed by atoms with E-state index >= 15 is 0 Å². The third-order valence-electron chi connectivity index (χ3n) is 9.36. The maximum Gasteiger partial charge on any atom is 0.341 e. The molecule has 0 radical (unpaired) electrons. The highest BCUT2D eigenvalue weighted by Crippen LogP contribution is 2.39. The summed E-state index contributed by atoms with van der Waals surface area (Å²) in [5, 5.41) is 0. The number of allylic oxidation sites excluding steroid dienone is 1. The van der Waals surface area contributed by atoms with Gasteiger partial charge in [0.15, 0.2) is 0 Å². The van der Waals surface area contributed by atoms with E-state index in [0.717, 1.165) is 81.8 Å². The van der Waals surface area contributed by atoms with Crippen molar-refractivity contribution in [3.63, 3.8) is 0 Å². The van der Waals surface area contributed by atoms with Crippen molar-refractivity contribution in [2.24, 2.45) is 0 Å². The van der Waals surface area contributed by atoms with Crippen molar-refractivity contribution in [2.75, 3.05) is 13.6 Å². The van der Waals surface area contributed by atoms with Gasteiger partial charge in [0.2, 0.25) is 5.91 Å². The Bertz CT molecular complexity index is 1840. The van der Waals surface area contributed by atoms with E-state index in [1.54, 1.807) is 4.90 Å². The summed E-state index contributed by atoms with van der Waals surface area (Å²) in [4.78, 5) is 42.6. The van der Waals surface area contributed by atoms with Crippen LogP contribution in [-0.4, -0.2) is 50.3 Å². The zero-order chi connectivity index (χ0) is 33.9. The van der Waals surface area contributed by atoms with Crippen LogP contribution in [0, 0.1) is 13.8 Å². The van der Waals surface area contributed by atoms with Crippen LogP contribution in [0.1, 0.15) is 118 Å². The van der Waals surface area contributed by atoms with Gasteiger partial charge in [-0.25, -0.2) is 9.78 Å². The number of hydrogen-bond donors (Lipinski definition) is 2. The van der Waals surface area contributed by atoms with Crippen LogP contribution in [0.5, 0.6) is 0 Å². The second kappa shape index (κ2) is 14.5. The van der Waals surface area contributed by atoms with Crippen LogP contribution in [0.15, 0.2) is 18.2 Å². The molecule has 0 saturated carbocycles. The normalized spacial score (nSPS) is 15.0. The number of nitrogens with zero attached hydrogens (tertiary/aromatic N) is 3. The average Bonchev–Trinajstić information content (AvgIpc) is 3.76. The van der Waals surface area contributed by atoms with Gasteiger partial charge in [0.25, 0.3) is 0 Å². The van der Waals surface area contributed by atoms with Gasteiger partial charge in [0, 0.05) is 59.3 Å². The van der Waals surface area contributed by atoms with Crippen LogP contribution in [-0.2, 0) is 40.2 Å². The molecule has 46 heavy (non-hydrogen) atoms. The number of esters is 1. The zero-order valence-electron chi connectivity index (χ0n) is 29.6. The lowest BCUT2D eigenvalue weighted by atomic mass is 9.97. The Kier molecular flexibility index (Phi) is 10.9. The SMILES string of the molecule is CC.CCC(=O)N(C)CC.CCc1c(C)c2cc3[nH]c(cc4nc(c5c6nc(cc1[nH]2)C(C)=C6C(=O)OC5)CC4C)c(C)c3CC. The van der Waals surface area contributed by atoms with E-state index < -0.39 is 0 Å². The number of amides is 1. The standard InChI is InChI=1S/C30H32N4O2.C6H13NO.C2H6/c1-7-18-15(4)22-10-21-14(3)9-25(31-21)20-13-36-30(35)28-17(6)24(34-29(20)28)12-27-19(8-2)16(5)23(33-27)11-26(18)32-22;1-4-6(8)7(3)5-2;1-2/h10-12,14,32-33H,7-9,13H2,1-6H3;4-5H2,1-3H3;1-2H3. The van der Waals surface area contributed by atoms with Crippen molar-refractivity contribution in [3.8, 4) is 0 Å². The molecule has 1 atom stereocenters. The molecule has 1 unspecified atom stereocenters. The van der Waals surface area contributed by atoms with Crippen LogP contribution in [0.25, 0.3) is 33.2 Å². The van der Waals surface area contributed by atoms with Crippen molar-refractivity contribution in [1.29, 1.82) is 0 Å². The molecule has 3 aliphatic heterocycles. The molecule has 6 heterocycles. The fourth-order valence-electron chi connectivity index (χ4n) is 6.42. The maximum absolute atomic E-state index is 12.8. The molecule has 0 spiro atoms. The molecule has 0 saturated heterocycles. The quantitative estimate of drug-likeness (QED) is 0.284. The summed E-state index contributed by atoms with van der Waals surface area (Å²) in [5.74, 6) is 0.186. The summed E-state index contributed by atoms with van der Waals surface area (Å²) in [6.45, 7) is 21.8. The third kappa shape index (κ3) is 6.39. The van der Waals surface area contributed by atoms with Gasteiger partial charge < -0.3 is 19.6 Å². The highest BCUT2D eigenvalue weighted by atomic mass is 16.5. The lowest BCUT2D eigenvalue weighted by Crippen LogP contribution is -2.24. The minimum Gasteiger partial charge on any atom is -0.457 e. The maximum atomic E-state index is 12.8. The molecule has 246 valence electrons. The van der Waals surface area contributed by atoms with Gasteiger partial charge in [-0.15, -0.1) is 0 Å². The first-order valence-corrected chi connectivity index (χ1v) is 16.9. The first kappa shape index (κ1) is 34.7. The van der Waals surface area contributed by atoms with E-state index in [9.17, 15) is 9.59 Å². The van der Waals surface area contributed by atoms with Crippen LogP contribution < -0.4 is 0 Å². The predicted octanol–water partition coefficient (Wildman–Crippen LogP) is 8.29. The predicted molar refractivity (Wildman–Crippen MR) is 189 cm³/mol. The molecule has 3 aliphatic rings. The highest BCUT2D eigenvalue weighted by molar-refractivity contribution is 6.26. The Hall–Kier alpha value is -4.20. The van der Waals surface area contributed by atoms with Gasteiger partial charge in [0.1, 0.15) is 6.61 Å². The number of carbonyl (C=O) groups excluding carboxylic acids is 2. The molecule has 8 heteroatoms. The van der Waals surface area contributed by atoms with Gasteiger partial charge in [-0.3, -0.25) is 9.78 Å². The molecule has 6 rings (SSSR count). The summed E-state index contributed by atoms with van der Waals surface area (Å²) in [5.41, 5.74) is 15.4. The van der Waals surface area contributed by atoms with E-state index in [0.29, 0.717) is 12.0 Å². The van der Waals surface area contributed by atoms with Crippen molar-refractivity contribution in [3.05, 3.63) is 68.8 Å². The molecular formula is C38H51N5O3.